The minimum Gasteiger partial charge on any atom is -0.478 e. The van der Waals surface area contributed by atoms with E-state index in [-0.39, 0.29) is 30.6 Å². The predicted octanol–water partition coefficient (Wildman–Crippen LogP) is 2.09. The second kappa shape index (κ2) is 15.3. The molecule has 0 atom stereocenters. The Morgan fingerprint density at radius 3 is 0.933 bits per heavy atom. The molecule has 82 valence electrons. The molecule has 0 aliphatic carbocycles. The Bertz CT molecular complexity index is 186. The van der Waals surface area contributed by atoms with Crippen LogP contribution < -0.4 is 0 Å². The SMILES string of the molecule is C=C.C=C(C)C(=O)O.C=C(C)C(=O)O.[Zn]. The molecular weight excluding hydrogens is 249 g/mol. The second-order valence-electron chi connectivity index (χ2n) is 2.17. The smallest absolute Gasteiger partial charge is 0.330 e. The van der Waals surface area contributed by atoms with Gasteiger partial charge in [0.15, 0.2) is 0 Å². The standard InChI is InChI=1S/2C4H6O2.C2H4.Zn/c2*1-3(2)4(5)6;1-2;/h2*1H2,2H3,(H,5,6);1-2H2;. The number of hydrogen-bond donors (Lipinski definition) is 2. The zero-order chi connectivity index (χ0) is 12.3. The summed E-state index contributed by atoms with van der Waals surface area (Å²) in [5.41, 5.74) is 0.352. The number of rotatable bonds is 2. The molecule has 0 amide bonds. The van der Waals surface area contributed by atoms with E-state index in [1.165, 1.54) is 13.8 Å². The molecule has 0 bridgehead atoms. The molecule has 2 N–H and O–H groups in total. The number of hydrogen-bond acceptors (Lipinski definition) is 2. The molecule has 0 saturated heterocycles. The molecule has 4 nitrogen and oxygen atoms in total. The summed E-state index contributed by atoms with van der Waals surface area (Å²) in [7, 11) is 0. The van der Waals surface area contributed by atoms with E-state index in [0.717, 1.165) is 0 Å². The van der Waals surface area contributed by atoms with Crippen LogP contribution in [0.1, 0.15) is 13.8 Å². The number of carbonyl (C=O) groups is 2. The first kappa shape index (κ1) is 23.5. The molecule has 0 spiro atoms. The van der Waals surface area contributed by atoms with Crippen LogP contribution in [-0.2, 0) is 29.1 Å². The molecule has 15 heavy (non-hydrogen) atoms. The van der Waals surface area contributed by atoms with Crippen molar-refractivity contribution in [2.24, 2.45) is 0 Å². The van der Waals surface area contributed by atoms with Crippen molar-refractivity contribution >= 4 is 11.9 Å². The van der Waals surface area contributed by atoms with Gasteiger partial charge in [0.1, 0.15) is 0 Å². The van der Waals surface area contributed by atoms with Crippen molar-refractivity contribution in [1.29, 1.82) is 0 Å². The van der Waals surface area contributed by atoms with Gasteiger partial charge in [0.25, 0.3) is 0 Å². The van der Waals surface area contributed by atoms with Gasteiger partial charge in [0.2, 0.25) is 0 Å². The minimum atomic E-state index is -0.935. The van der Waals surface area contributed by atoms with Crippen LogP contribution in [-0.4, -0.2) is 22.2 Å². The molecule has 0 unspecified atom stereocenters. The fourth-order valence-corrected chi connectivity index (χ4v) is 0. The van der Waals surface area contributed by atoms with Gasteiger partial charge in [-0.2, -0.15) is 0 Å². The topological polar surface area (TPSA) is 74.6 Å². The Balaban J connectivity index is -0.0000000653. The number of carboxylic acid groups (broad SMARTS) is 2. The fourth-order valence-electron chi connectivity index (χ4n) is 0. The zero-order valence-electron chi connectivity index (χ0n) is 9.25. The van der Waals surface area contributed by atoms with Crippen molar-refractivity contribution < 1.29 is 39.3 Å². The van der Waals surface area contributed by atoms with Crippen molar-refractivity contribution in [2.75, 3.05) is 0 Å². The maximum absolute atomic E-state index is 9.60. The van der Waals surface area contributed by atoms with E-state index >= 15 is 0 Å². The van der Waals surface area contributed by atoms with Crippen LogP contribution in [0, 0.1) is 0 Å². The maximum atomic E-state index is 9.60. The Kier molecular flexibility index (Phi) is 23.9. The summed E-state index contributed by atoms with van der Waals surface area (Å²) < 4.78 is 0. The molecule has 0 radical (unpaired) electrons. The average molecular weight is 266 g/mol. The largest absolute Gasteiger partial charge is 0.478 e. The Hall–Kier alpha value is -1.22. The van der Waals surface area contributed by atoms with Crippen molar-refractivity contribution in [3.63, 3.8) is 0 Å². The van der Waals surface area contributed by atoms with Crippen LogP contribution in [0.5, 0.6) is 0 Å². The number of aliphatic carboxylic acids is 2. The molecule has 0 saturated carbocycles. The summed E-state index contributed by atoms with van der Waals surface area (Å²) in [4.78, 5) is 19.2. The molecular formula is C10H16O4Zn. The first-order chi connectivity index (χ1) is 6.29. The molecule has 0 rings (SSSR count). The summed E-state index contributed by atoms with van der Waals surface area (Å²) in [5.74, 6) is -1.87. The van der Waals surface area contributed by atoms with Crippen molar-refractivity contribution in [2.45, 2.75) is 13.8 Å². The summed E-state index contributed by atoms with van der Waals surface area (Å²) in [5, 5.41) is 15.8. The third-order valence-corrected chi connectivity index (χ3v) is 0.730. The maximum Gasteiger partial charge on any atom is 0.330 e. The zero-order valence-corrected chi connectivity index (χ0v) is 12.2. The van der Waals surface area contributed by atoms with Gasteiger partial charge in [-0.05, 0) is 13.8 Å². The summed E-state index contributed by atoms with van der Waals surface area (Å²) >= 11 is 0. The average Bonchev–Trinajstić information content (AvgIpc) is 2.08. The molecule has 0 aromatic rings. The predicted molar refractivity (Wildman–Crippen MR) is 56.2 cm³/mol. The molecule has 0 heterocycles. The van der Waals surface area contributed by atoms with Crippen LogP contribution in [0.15, 0.2) is 37.5 Å². The molecule has 5 heteroatoms. The fraction of sp³-hybridized carbons (Fsp3) is 0.200. The van der Waals surface area contributed by atoms with Crippen molar-refractivity contribution in [3.8, 4) is 0 Å². The van der Waals surface area contributed by atoms with Crippen molar-refractivity contribution in [3.05, 3.63) is 37.5 Å². The monoisotopic (exact) mass is 264 g/mol. The normalized spacial score (nSPS) is 6.27. The van der Waals surface area contributed by atoms with E-state index in [1.54, 1.807) is 0 Å². The van der Waals surface area contributed by atoms with E-state index in [1.807, 2.05) is 0 Å². The van der Waals surface area contributed by atoms with Gasteiger partial charge in [0, 0.05) is 30.6 Å². The third-order valence-electron chi connectivity index (χ3n) is 0.730. The summed E-state index contributed by atoms with van der Waals surface area (Å²) in [6.07, 6.45) is 0. The van der Waals surface area contributed by atoms with E-state index in [0.29, 0.717) is 0 Å². The van der Waals surface area contributed by atoms with Crippen molar-refractivity contribution in [1.82, 2.24) is 0 Å². The van der Waals surface area contributed by atoms with Crippen LogP contribution >= 0.6 is 0 Å². The van der Waals surface area contributed by atoms with E-state index in [9.17, 15) is 9.59 Å². The summed E-state index contributed by atoms with van der Waals surface area (Å²) in [6, 6.07) is 0. The third kappa shape index (κ3) is 32.3. The Labute approximate surface area is 103 Å². The quantitative estimate of drug-likeness (QED) is 0.455. The first-order valence-corrected chi connectivity index (χ1v) is 3.56. The second-order valence-corrected chi connectivity index (χ2v) is 2.17. The van der Waals surface area contributed by atoms with Crippen LogP contribution in [0.25, 0.3) is 0 Å². The van der Waals surface area contributed by atoms with Crippen LogP contribution in [0.4, 0.5) is 0 Å². The van der Waals surface area contributed by atoms with E-state index in [2.05, 4.69) is 26.3 Å². The minimum absolute atomic E-state index is 0. The van der Waals surface area contributed by atoms with Gasteiger partial charge in [-0.25, -0.2) is 9.59 Å². The van der Waals surface area contributed by atoms with Gasteiger partial charge >= 0.3 is 11.9 Å². The van der Waals surface area contributed by atoms with Crippen LogP contribution in [0.2, 0.25) is 0 Å². The van der Waals surface area contributed by atoms with Gasteiger partial charge in [-0.15, -0.1) is 13.2 Å². The first-order valence-electron chi connectivity index (χ1n) is 3.56. The van der Waals surface area contributed by atoms with E-state index in [4.69, 9.17) is 10.2 Å². The molecule has 0 aromatic heterocycles. The Morgan fingerprint density at radius 1 is 0.867 bits per heavy atom. The molecule has 0 aliphatic rings. The molecule has 0 aliphatic heterocycles. The molecule has 0 fully saturated rings. The summed E-state index contributed by atoms with van der Waals surface area (Å²) in [6.45, 7) is 15.2. The van der Waals surface area contributed by atoms with Gasteiger partial charge in [0.05, 0.1) is 0 Å². The van der Waals surface area contributed by atoms with Crippen LogP contribution in [0.3, 0.4) is 0 Å². The van der Waals surface area contributed by atoms with E-state index < -0.39 is 11.9 Å². The number of carboxylic acids is 2. The van der Waals surface area contributed by atoms with Gasteiger partial charge < -0.3 is 10.2 Å². The van der Waals surface area contributed by atoms with Gasteiger partial charge in [-0.3, -0.25) is 0 Å². The van der Waals surface area contributed by atoms with Gasteiger partial charge in [-0.1, -0.05) is 13.2 Å². The molecule has 0 aromatic carbocycles. The Morgan fingerprint density at radius 2 is 0.933 bits per heavy atom.